The summed E-state index contributed by atoms with van der Waals surface area (Å²) in [6, 6.07) is 6.35. The third kappa shape index (κ3) is 5.36. The minimum Gasteiger partial charge on any atom is -0.490 e. The standard InChI is InChI=1S/C19H30O3/c1-13(8-11-17(20)21)22-16-10-9-14(18(2,3)4)12-15(16)19(5,6)7/h9-10,12-13H,8,11H2,1-7H3,(H,20,21). The third-order valence-corrected chi connectivity index (χ3v) is 3.75. The third-order valence-electron chi connectivity index (χ3n) is 3.75. The van der Waals surface area contributed by atoms with Crippen LogP contribution in [0.25, 0.3) is 0 Å². The Hall–Kier alpha value is -1.51. The van der Waals surface area contributed by atoms with Crippen LogP contribution in [-0.2, 0) is 15.6 Å². The van der Waals surface area contributed by atoms with E-state index in [-0.39, 0.29) is 23.4 Å². The lowest BCUT2D eigenvalue weighted by atomic mass is 9.80. The zero-order valence-electron chi connectivity index (χ0n) is 15.0. The normalized spacial score (nSPS) is 13.8. The van der Waals surface area contributed by atoms with Gasteiger partial charge in [0.15, 0.2) is 0 Å². The van der Waals surface area contributed by atoms with Crippen molar-refractivity contribution in [1.29, 1.82) is 0 Å². The minimum atomic E-state index is -0.783. The Balaban J connectivity index is 3.06. The molecule has 0 heterocycles. The topological polar surface area (TPSA) is 46.5 Å². The number of carbonyl (C=O) groups is 1. The fraction of sp³-hybridized carbons (Fsp3) is 0.632. The molecule has 0 spiro atoms. The summed E-state index contributed by atoms with van der Waals surface area (Å²) in [4.78, 5) is 10.7. The lowest BCUT2D eigenvalue weighted by Gasteiger charge is -2.28. The maximum Gasteiger partial charge on any atom is 0.303 e. The number of carboxylic acids is 1. The molecule has 3 heteroatoms. The molecule has 1 aromatic rings. The summed E-state index contributed by atoms with van der Waals surface area (Å²) < 4.78 is 6.03. The van der Waals surface area contributed by atoms with E-state index in [1.54, 1.807) is 0 Å². The van der Waals surface area contributed by atoms with Gasteiger partial charge in [-0.05, 0) is 41.4 Å². The highest BCUT2D eigenvalue weighted by atomic mass is 16.5. The predicted octanol–water partition coefficient (Wildman–Crippen LogP) is 4.91. The molecule has 22 heavy (non-hydrogen) atoms. The molecule has 0 saturated heterocycles. The van der Waals surface area contributed by atoms with Gasteiger partial charge >= 0.3 is 5.97 Å². The van der Waals surface area contributed by atoms with Crippen molar-refractivity contribution >= 4 is 5.97 Å². The van der Waals surface area contributed by atoms with E-state index in [2.05, 4.69) is 53.7 Å². The Morgan fingerprint density at radius 3 is 2.18 bits per heavy atom. The van der Waals surface area contributed by atoms with Crippen molar-refractivity contribution in [3.63, 3.8) is 0 Å². The lowest BCUT2D eigenvalue weighted by Crippen LogP contribution is -2.20. The van der Waals surface area contributed by atoms with Gasteiger partial charge in [0.25, 0.3) is 0 Å². The predicted molar refractivity (Wildman–Crippen MR) is 90.8 cm³/mol. The number of hydrogen-bond donors (Lipinski definition) is 1. The number of rotatable bonds is 5. The molecule has 1 aromatic carbocycles. The first-order valence-electron chi connectivity index (χ1n) is 7.94. The number of benzene rings is 1. The molecule has 0 radical (unpaired) electrons. The summed E-state index contributed by atoms with van der Waals surface area (Å²) in [6.45, 7) is 15.0. The molecule has 1 rings (SSSR count). The molecule has 0 aromatic heterocycles. The van der Waals surface area contributed by atoms with E-state index in [9.17, 15) is 4.79 Å². The van der Waals surface area contributed by atoms with E-state index in [1.165, 1.54) is 11.1 Å². The molecule has 124 valence electrons. The SMILES string of the molecule is CC(CCC(=O)O)Oc1ccc(C(C)(C)C)cc1C(C)(C)C. The number of hydrogen-bond acceptors (Lipinski definition) is 2. The molecule has 3 nitrogen and oxygen atoms in total. The summed E-state index contributed by atoms with van der Waals surface area (Å²) in [5.74, 6) is 0.0768. The largest absolute Gasteiger partial charge is 0.490 e. The highest BCUT2D eigenvalue weighted by Gasteiger charge is 2.23. The van der Waals surface area contributed by atoms with Gasteiger partial charge in [0.2, 0.25) is 0 Å². The van der Waals surface area contributed by atoms with Gasteiger partial charge in [-0.3, -0.25) is 4.79 Å². The van der Waals surface area contributed by atoms with Crippen LogP contribution in [-0.4, -0.2) is 17.2 Å². The van der Waals surface area contributed by atoms with Crippen molar-refractivity contribution in [3.05, 3.63) is 29.3 Å². The second-order valence-electron chi connectivity index (χ2n) is 8.07. The van der Waals surface area contributed by atoms with Gasteiger partial charge in [-0.15, -0.1) is 0 Å². The first-order chi connectivity index (χ1) is 9.91. The number of carboxylic acid groups (broad SMARTS) is 1. The fourth-order valence-electron chi connectivity index (χ4n) is 2.29. The molecule has 0 fully saturated rings. The number of ether oxygens (including phenoxy) is 1. The van der Waals surface area contributed by atoms with Crippen LogP contribution in [0.2, 0.25) is 0 Å². The summed E-state index contributed by atoms with van der Waals surface area (Å²) in [6.07, 6.45) is 0.532. The van der Waals surface area contributed by atoms with Gasteiger partial charge in [-0.25, -0.2) is 0 Å². The Morgan fingerprint density at radius 2 is 1.73 bits per heavy atom. The van der Waals surface area contributed by atoms with Gasteiger partial charge in [0.05, 0.1) is 6.10 Å². The molecule has 0 aliphatic carbocycles. The smallest absolute Gasteiger partial charge is 0.303 e. The lowest BCUT2D eigenvalue weighted by molar-refractivity contribution is -0.137. The van der Waals surface area contributed by atoms with E-state index < -0.39 is 5.97 Å². The summed E-state index contributed by atoms with van der Waals surface area (Å²) in [5.41, 5.74) is 2.52. The van der Waals surface area contributed by atoms with Crippen molar-refractivity contribution in [2.24, 2.45) is 0 Å². The zero-order valence-corrected chi connectivity index (χ0v) is 15.0. The highest BCUT2D eigenvalue weighted by Crippen LogP contribution is 2.36. The van der Waals surface area contributed by atoms with Crippen LogP contribution >= 0.6 is 0 Å². The van der Waals surface area contributed by atoms with E-state index in [0.29, 0.717) is 6.42 Å². The molecule has 0 aliphatic heterocycles. The van der Waals surface area contributed by atoms with Crippen molar-refractivity contribution in [3.8, 4) is 5.75 Å². The van der Waals surface area contributed by atoms with Gasteiger partial charge in [-0.1, -0.05) is 53.7 Å². The van der Waals surface area contributed by atoms with E-state index in [1.807, 2.05) is 13.0 Å². The summed E-state index contributed by atoms with van der Waals surface area (Å²) >= 11 is 0. The van der Waals surface area contributed by atoms with Crippen molar-refractivity contribution in [1.82, 2.24) is 0 Å². The van der Waals surface area contributed by atoms with Crippen molar-refractivity contribution in [2.75, 3.05) is 0 Å². The average Bonchev–Trinajstić information content (AvgIpc) is 2.34. The first kappa shape index (κ1) is 18.5. The van der Waals surface area contributed by atoms with Crippen LogP contribution in [0.3, 0.4) is 0 Å². The highest BCUT2D eigenvalue weighted by molar-refractivity contribution is 5.66. The summed E-state index contributed by atoms with van der Waals surface area (Å²) in [7, 11) is 0. The fourth-order valence-corrected chi connectivity index (χ4v) is 2.29. The van der Waals surface area contributed by atoms with Crippen LogP contribution in [0.1, 0.15) is 72.4 Å². The first-order valence-corrected chi connectivity index (χ1v) is 7.94. The molecule has 0 amide bonds. The maximum atomic E-state index is 10.7. The quantitative estimate of drug-likeness (QED) is 0.840. The van der Waals surface area contributed by atoms with Gasteiger partial charge in [0, 0.05) is 6.42 Å². The van der Waals surface area contributed by atoms with Crippen molar-refractivity contribution < 1.29 is 14.6 Å². The molecule has 1 atom stereocenters. The minimum absolute atomic E-state index is 0.0247. The second kappa shape index (κ2) is 6.72. The Bertz CT molecular complexity index is 518. The molecule has 0 saturated carbocycles. The Labute approximate surface area is 134 Å². The summed E-state index contributed by atoms with van der Waals surface area (Å²) in [5, 5.41) is 8.78. The maximum absolute atomic E-state index is 10.7. The van der Waals surface area contributed by atoms with Crippen molar-refractivity contribution in [2.45, 2.75) is 78.2 Å². The molecule has 1 unspecified atom stereocenters. The Kier molecular flexibility index (Phi) is 5.66. The Morgan fingerprint density at radius 1 is 1.14 bits per heavy atom. The molecular weight excluding hydrogens is 276 g/mol. The van der Waals surface area contributed by atoms with Crippen LogP contribution in [0, 0.1) is 0 Å². The van der Waals surface area contributed by atoms with Gasteiger partial charge in [-0.2, -0.15) is 0 Å². The molecule has 0 aliphatic rings. The van der Waals surface area contributed by atoms with E-state index in [0.717, 1.165) is 5.75 Å². The van der Waals surface area contributed by atoms with Crippen LogP contribution in [0.4, 0.5) is 0 Å². The van der Waals surface area contributed by atoms with Crippen LogP contribution in [0.5, 0.6) is 5.75 Å². The van der Waals surface area contributed by atoms with Gasteiger partial charge < -0.3 is 9.84 Å². The van der Waals surface area contributed by atoms with Gasteiger partial charge in [0.1, 0.15) is 5.75 Å². The number of aliphatic carboxylic acids is 1. The molecule has 1 N–H and O–H groups in total. The van der Waals surface area contributed by atoms with E-state index in [4.69, 9.17) is 9.84 Å². The second-order valence-corrected chi connectivity index (χ2v) is 8.07. The van der Waals surface area contributed by atoms with Crippen LogP contribution in [0.15, 0.2) is 18.2 Å². The molecule has 0 bridgehead atoms. The van der Waals surface area contributed by atoms with Crippen LogP contribution < -0.4 is 4.74 Å². The average molecular weight is 306 g/mol. The van der Waals surface area contributed by atoms with E-state index >= 15 is 0 Å². The zero-order chi connectivity index (χ0) is 17.1. The monoisotopic (exact) mass is 306 g/mol. The molecular formula is C19H30O3.